The molecule has 6 nitrogen and oxygen atoms in total. The zero-order valence-corrected chi connectivity index (χ0v) is 8.06. The Kier molecular flexibility index (Phi) is 3.63. The summed E-state index contributed by atoms with van der Waals surface area (Å²) in [5.74, 6) is 1.24. The zero-order chi connectivity index (χ0) is 9.68. The first-order valence-corrected chi connectivity index (χ1v) is 4.40. The summed E-state index contributed by atoms with van der Waals surface area (Å²) in [4.78, 5) is 0. The molecule has 1 atom stereocenters. The van der Waals surface area contributed by atoms with E-state index in [-0.39, 0.29) is 0 Å². The molecular weight excluding hydrogens is 168 g/mol. The van der Waals surface area contributed by atoms with Crippen LogP contribution in [0.5, 0.6) is 0 Å². The van der Waals surface area contributed by atoms with Crippen molar-refractivity contribution in [1.82, 2.24) is 20.2 Å². The quantitative estimate of drug-likeness (QED) is 0.651. The van der Waals surface area contributed by atoms with Crippen molar-refractivity contribution >= 4 is 5.95 Å². The Morgan fingerprint density at radius 2 is 2.38 bits per heavy atom. The second-order valence-electron chi connectivity index (χ2n) is 3.19. The maximum absolute atomic E-state index is 5.43. The molecule has 0 aliphatic heterocycles. The summed E-state index contributed by atoms with van der Waals surface area (Å²) < 4.78 is 1.61. The van der Waals surface area contributed by atoms with Gasteiger partial charge in [-0.05, 0) is 29.3 Å². The molecule has 13 heavy (non-hydrogen) atoms. The van der Waals surface area contributed by atoms with Crippen LogP contribution in [-0.2, 0) is 7.05 Å². The van der Waals surface area contributed by atoms with Gasteiger partial charge < -0.3 is 11.1 Å². The van der Waals surface area contributed by atoms with Crippen LogP contribution in [0.15, 0.2) is 0 Å². The first-order chi connectivity index (χ1) is 6.24. The van der Waals surface area contributed by atoms with E-state index in [1.807, 2.05) is 0 Å². The molecule has 0 bridgehead atoms. The van der Waals surface area contributed by atoms with Gasteiger partial charge in [-0.2, -0.15) is 0 Å². The van der Waals surface area contributed by atoms with E-state index in [1.54, 1.807) is 11.7 Å². The molecule has 74 valence electrons. The van der Waals surface area contributed by atoms with Crippen LogP contribution in [0, 0.1) is 5.92 Å². The van der Waals surface area contributed by atoms with Gasteiger partial charge in [0.15, 0.2) is 0 Å². The molecule has 1 rings (SSSR count). The minimum Gasteiger partial charge on any atom is -0.353 e. The summed E-state index contributed by atoms with van der Waals surface area (Å²) in [6, 6.07) is 0. The molecule has 1 aromatic rings. The van der Waals surface area contributed by atoms with Gasteiger partial charge >= 0.3 is 0 Å². The molecule has 3 N–H and O–H groups in total. The molecule has 1 unspecified atom stereocenters. The standard InChI is InChI=1S/C7H16N6/c1-6(3-4-8)5-9-7-10-11-12-13(7)2/h6H,3-5,8H2,1-2H3,(H,9,10,12). The van der Waals surface area contributed by atoms with Crippen LogP contribution in [0.3, 0.4) is 0 Å². The molecular formula is C7H16N6. The highest BCUT2D eigenvalue weighted by Crippen LogP contribution is 2.02. The monoisotopic (exact) mass is 184 g/mol. The van der Waals surface area contributed by atoms with Gasteiger partial charge in [-0.15, -0.1) is 0 Å². The lowest BCUT2D eigenvalue weighted by molar-refractivity contribution is 0.564. The second-order valence-corrected chi connectivity index (χ2v) is 3.19. The minimum absolute atomic E-state index is 0.543. The number of anilines is 1. The van der Waals surface area contributed by atoms with Crippen molar-refractivity contribution in [1.29, 1.82) is 0 Å². The van der Waals surface area contributed by atoms with Crippen molar-refractivity contribution in [2.45, 2.75) is 13.3 Å². The highest BCUT2D eigenvalue weighted by molar-refractivity contribution is 5.20. The molecule has 0 aliphatic rings. The van der Waals surface area contributed by atoms with Gasteiger partial charge in [0.2, 0.25) is 5.95 Å². The van der Waals surface area contributed by atoms with Gasteiger partial charge in [-0.25, -0.2) is 4.68 Å². The molecule has 0 saturated carbocycles. The number of nitrogens with zero attached hydrogens (tertiary/aromatic N) is 4. The molecule has 0 aromatic carbocycles. The SMILES string of the molecule is CC(CCN)CNc1nnnn1C. The van der Waals surface area contributed by atoms with Crippen molar-refractivity contribution in [2.75, 3.05) is 18.4 Å². The van der Waals surface area contributed by atoms with Crippen LogP contribution >= 0.6 is 0 Å². The summed E-state index contributed by atoms with van der Waals surface area (Å²) in [7, 11) is 1.80. The van der Waals surface area contributed by atoms with Gasteiger partial charge in [0.25, 0.3) is 0 Å². The van der Waals surface area contributed by atoms with E-state index in [9.17, 15) is 0 Å². The Hall–Kier alpha value is -1.17. The Morgan fingerprint density at radius 3 is 2.92 bits per heavy atom. The van der Waals surface area contributed by atoms with Crippen LogP contribution in [0.2, 0.25) is 0 Å². The lowest BCUT2D eigenvalue weighted by atomic mass is 10.1. The van der Waals surface area contributed by atoms with Crippen molar-refractivity contribution in [3.05, 3.63) is 0 Å². The number of nitrogens with one attached hydrogen (secondary N) is 1. The largest absolute Gasteiger partial charge is 0.353 e. The lowest BCUT2D eigenvalue weighted by Gasteiger charge is -2.10. The average molecular weight is 184 g/mol. The van der Waals surface area contributed by atoms with Crippen LogP contribution in [0.25, 0.3) is 0 Å². The highest BCUT2D eigenvalue weighted by Gasteiger charge is 2.03. The number of aryl methyl sites for hydroxylation is 1. The van der Waals surface area contributed by atoms with E-state index in [1.165, 1.54) is 0 Å². The normalized spacial score (nSPS) is 12.8. The molecule has 0 amide bonds. The Morgan fingerprint density at radius 1 is 1.62 bits per heavy atom. The second kappa shape index (κ2) is 4.76. The average Bonchev–Trinajstić information content (AvgIpc) is 2.48. The number of aromatic nitrogens is 4. The smallest absolute Gasteiger partial charge is 0.242 e. The Balaban J connectivity index is 2.30. The number of rotatable bonds is 5. The maximum atomic E-state index is 5.43. The van der Waals surface area contributed by atoms with Crippen molar-refractivity contribution in [3.63, 3.8) is 0 Å². The topological polar surface area (TPSA) is 81.7 Å². The lowest BCUT2D eigenvalue weighted by Crippen LogP contribution is -2.17. The highest BCUT2D eigenvalue weighted by atomic mass is 15.6. The van der Waals surface area contributed by atoms with Crippen LogP contribution in [0.1, 0.15) is 13.3 Å². The van der Waals surface area contributed by atoms with Gasteiger partial charge in [0.05, 0.1) is 0 Å². The molecule has 0 aliphatic carbocycles. The molecule has 0 spiro atoms. The van der Waals surface area contributed by atoms with Gasteiger partial charge in [0, 0.05) is 13.6 Å². The number of tetrazole rings is 1. The van der Waals surface area contributed by atoms with E-state index in [0.29, 0.717) is 11.9 Å². The number of nitrogens with two attached hydrogens (primary N) is 1. The third-order valence-corrected chi connectivity index (χ3v) is 1.89. The van der Waals surface area contributed by atoms with E-state index in [4.69, 9.17) is 5.73 Å². The third-order valence-electron chi connectivity index (χ3n) is 1.89. The van der Waals surface area contributed by atoms with E-state index < -0.39 is 0 Å². The third kappa shape index (κ3) is 2.98. The predicted molar refractivity (Wildman–Crippen MR) is 50.1 cm³/mol. The van der Waals surface area contributed by atoms with Crippen molar-refractivity contribution in [3.8, 4) is 0 Å². The molecule has 1 aromatic heterocycles. The predicted octanol–water partition coefficient (Wildman–Crippen LogP) is -0.393. The fourth-order valence-electron chi connectivity index (χ4n) is 1.03. The van der Waals surface area contributed by atoms with E-state index in [2.05, 4.69) is 27.8 Å². The summed E-state index contributed by atoms with van der Waals surface area (Å²) in [5.41, 5.74) is 5.43. The summed E-state index contributed by atoms with van der Waals surface area (Å²) in [5, 5.41) is 14.2. The summed E-state index contributed by atoms with van der Waals surface area (Å²) in [6.07, 6.45) is 1.01. The summed E-state index contributed by atoms with van der Waals surface area (Å²) >= 11 is 0. The Bertz CT molecular complexity index is 245. The van der Waals surface area contributed by atoms with Gasteiger partial charge in [0.1, 0.15) is 0 Å². The number of hydrogen-bond acceptors (Lipinski definition) is 5. The fourth-order valence-corrected chi connectivity index (χ4v) is 1.03. The molecule has 1 heterocycles. The molecule has 0 saturated heterocycles. The van der Waals surface area contributed by atoms with E-state index >= 15 is 0 Å². The van der Waals surface area contributed by atoms with Crippen molar-refractivity contribution in [2.24, 2.45) is 18.7 Å². The number of hydrogen-bond donors (Lipinski definition) is 2. The maximum Gasteiger partial charge on any atom is 0.242 e. The van der Waals surface area contributed by atoms with Crippen LogP contribution < -0.4 is 11.1 Å². The fraction of sp³-hybridized carbons (Fsp3) is 0.857. The van der Waals surface area contributed by atoms with Crippen LogP contribution in [-0.4, -0.2) is 33.3 Å². The molecule has 0 fully saturated rings. The first-order valence-electron chi connectivity index (χ1n) is 4.40. The van der Waals surface area contributed by atoms with Gasteiger partial charge in [-0.3, -0.25) is 0 Å². The van der Waals surface area contributed by atoms with Gasteiger partial charge in [-0.1, -0.05) is 12.0 Å². The molecule has 6 heteroatoms. The zero-order valence-electron chi connectivity index (χ0n) is 8.06. The Labute approximate surface area is 77.5 Å². The van der Waals surface area contributed by atoms with E-state index in [0.717, 1.165) is 19.5 Å². The molecule has 0 radical (unpaired) electrons. The van der Waals surface area contributed by atoms with Crippen molar-refractivity contribution < 1.29 is 0 Å². The first kappa shape index (κ1) is 9.91. The minimum atomic E-state index is 0.543. The summed E-state index contributed by atoms with van der Waals surface area (Å²) in [6.45, 7) is 3.72. The van der Waals surface area contributed by atoms with Crippen LogP contribution in [0.4, 0.5) is 5.95 Å².